The molecule has 7 nitrogen and oxygen atoms in total. The number of aliphatic hydroxyl groups excluding tert-OH is 1. The van der Waals surface area contributed by atoms with E-state index in [4.69, 9.17) is 0 Å². The number of anilines is 1. The fraction of sp³-hybridized carbons (Fsp3) is 0.167. The third kappa shape index (κ3) is 5.51. The van der Waals surface area contributed by atoms with E-state index in [-0.39, 0.29) is 23.4 Å². The standard InChI is InChI=1S/C30H27FNO6P/c31-22-11-6-20(7-12-22)27(33)17-16-26-29(32(30(26)35)23-4-2-1-3-5-23)25-15-10-21(18-28(25)34)19-8-13-24(14-9-19)39(36,37)38/h1-15,18,26-27,29,33-34H,16-17H2,(H2,36,37,38). The van der Waals surface area contributed by atoms with Gasteiger partial charge < -0.3 is 24.9 Å². The van der Waals surface area contributed by atoms with E-state index in [0.717, 1.165) is 0 Å². The molecule has 1 aliphatic heterocycles. The second-order valence-electron chi connectivity index (χ2n) is 9.60. The Hall–Kier alpha value is -3.81. The topological polar surface area (TPSA) is 118 Å². The zero-order valence-electron chi connectivity index (χ0n) is 20.8. The highest BCUT2D eigenvalue weighted by Crippen LogP contribution is 2.49. The maximum atomic E-state index is 13.3. The molecular formula is C30H27FNO6P. The molecular weight excluding hydrogens is 520 g/mol. The van der Waals surface area contributed by atoms with Gasteiger partial charge in [0, 0.05) is 11.3 Å². The largest absolute Gasteiger partial charge is 0.508 e. The van der Waals surface area contributed by atoms with Crippen LogP contribution in [-0.2, 0) is 9.36 Å². The zero-order valence-corrected chi connectivity index (χ0v) is 21.7. The number of hydrogen-bond donors (Lipinski definition) is 4. The number of halogens is 1. The highest BCUT2D eigenvalue weighted by Gasteiger charge is 2.49. The highest BCUT2D eigenvalue weighted by molar-refractivity contribution is 7.60. The fourth-order valence-corrected chi connectivity index (χ4v) is 5.61. The summed E-state index contributed by atoms with van der Waals surface area (Å²) in [4.78, 5) is 33.6. The van der Waals surface area contributed by atoms with Crippen LogP contribution in [0.3, 0.4) is 0 Å². The third-order valence-corrected chi connectivity index (χ3v) is 8.11. The number of carbonyl (C=O) groups excluding carboxylic acids is 1. The van der Waals surface area contributed by atoms with Gasteiger partial charge in [0.15, 0.2) is 0 Å². The first-order valence-electron chi connectivity index (χ1n) is 12.4. The number of benzene rings is 4. The van der Waals surface area contributed by atoms with Crippen LogP contribution in [0.5, 0.6) is 5.75 Å². The summed E-state index contributed by atoms with van der Waals surface area (Å²) in [5.41, 5.74) is 3.12. The molecule has 4 N–H and O–H groups in total. The normalized spacial score (nSPS) is 18.1. The van der Waals surface area contributed by atoms with Crippen molar-refractivity contribution < 1.29 is 33.7 Å². The number of nitrogens with zero attached hydrogens (tertiary/aromatic N) is 1. The number of phenols is 1. The molecule has 0 bridgehead atoms. The molecule has 0 aromatic heterocycles. The van der Waals surface area contributed by atoms with Crippen LogP contribution < -0.4 is 10.2 Å². The van der Waals surface area contributed by atoms with Crippen molar-refractivity contribution >= 4 is 24.5 Å². The molecule has 1 saturated heterocycles. The van der Waals surface area contributed by atoms with Gasteiger partial charge in [-0.05, 0) is 72.0 Å². The molecule has 9 heteroatoms. The van der Waals surface area contributed by atoms with Crippen LogP contribution in [-0.4, -0.2) is 25.9 Å². The molecule has 4 aromatic rings. The van der Waals surface area contributed by atoms with Crippen LogP contribution in [0.1, 0.15) is 36.1 Å². The van der Waals surface area contributed by atoms with Crippen molar-refractivity contribution in [1.29, 1.82) is 0 Å². The summed E-state index contributed by atoms with van der Waals surface area (Å²) in [6.07, 6.45) is -0.223. The lowest BCUT2D eigenvalue weighted by molar-refractivity contribution is -0.131. The number of hydrogen-bond acceptors (Lipinski definition) is 4. The van der Waals surface area contributed by atoms with Crippen molar-refractivity contribution in [2.45, 2.75) is 25.0 Å². The van der Waals surface area contributed by atoms with Crippen molar-refractivity contribution in [2.75, 3.05) is 4.90 Å². The van der Waals surface area contributed by atoms with Gasteiger partial charge in [-0.3, -0.25) is 9.36 Å². The fourth-order valence-electron chi connectivity index (χ4n) is 5.07. The van der Waals surface area contributed by atoms with E-state index in [0.29, 0.717) is 34.4 Å². The summed E-state index contributed by atoms with van der Waals surface area (Å²) in [7, 11) is -4.36. The van der Waals surface area contributed by atoms with Crippen molar-refractivity contribution in [3.05, 3.63) is 114 Å². The molecule has 4 aromatic carbocycles. The predicted octanol–water partition coefficient (Wildman–Crippen LogP) is 5.22. The highest BCUT2D eigenvalue weighted by atomic mass is 31.2. The Labute approximate surface area is 225 Å². The number of rotatable bonds is 8. The second-order valence-corrected chi connectivity index (χ2v) is 11.2. The van der Waals surface area contributed by atoms with Gasteiger partial charge in [-0.1, -0.05) is 54.6 Å². The van der Waals surface area contributed by atoms with Crippen LogP contribution >= 0.6 is 7.60 Å². The molecule has 200 valence electrons. The van der Waals surface area contributed by atoms with Crippen molar-refractivity contribution in [2.24, 2.45) is 5.92 Å². The van der Waals surface area contributed by atoms with Crippen molar-refractivity contribution in [1.82, 2.24) is 0 Å². The lowest BCUT2D eigenvalue weighted by Gasteiger charge is -2.48. The Morgan fingerprint density at radius 2 is 1.51 bits per heavy atom. The average Bonchev–Trinajstić information content (AvgIpc) is 2.92. The van der Waals surface area contributed by atoms with E-state index in [1.807, 2.05) is 30.3 Å². The van der Waals surface area contributed by atoms with Gasteiger partial charge >= 0.3 is 7.60 Å². The molecule has 5 rings (SSSR count). The summed E-state index contributed by atoms with van der Waals surface area (Å²) in [6, 6.07) is 25.3. The Bertz CT molecular complexity index is 1520. The molecule has 39 heavy (non-hydrogen) atoms. The number of para-hydroxylation sites is 1. The van der Waals surface area contributed by atoms with Crippen LogP contribution in [0.15, 0.2) is 97.1 Å². The third-order valence-electron chi connectivity index (χ3n) is 7.14. The molecule has 3 unspecified atom stereocenters. The molecule has 1 aliphatic rings. The Balaban J connectivity index is 1.42. The van der Waals surface area contributed by atoms with Crippen molar-refractivity contribution in [3.63, 3.8) is 0 Å². The first-order chi connectivity index (χ1) is 18.6. The minimum absolute atomic E-state index is 0.0194. The number of carbonyl (C=O) groups is 1. The Morgan fingerprint density at radius 1 is 0.872 bits per heavy atom. The van der Waals surface area contributed by atoms with Gasteiger partial charge in [0.1, 0.15) is 11.6 Å². The van der Waals surface area contributed by atoms with Gasteiger partial charge in [0.2, 0.25) is 5.91 Å². The average molecular weight is 548 g/mol. The summed E-state index contributed by atoms with van der Waals surface area (Å²) < 4.78 is 24.8. The van der Waals surface area contributed by atoms with Crippen LogP contribution in [0, 0.1) is 11.7 Å². The molecule has 0 spiro atoms. The lowest BCUT2D eigenvalue weighted by atomic mass is 9.77. The Morgan fingerprint density at radius 3 is 2.13 bits per heavy atom. The lowest BCUT2D eigenvalue weighted by Crippen LogP contribution is -2.55. The molecule has 0 aliphatic carbocycles. The summed E-state index contributed by atoms with van der Waals surface area (Å²) in [5, 5.41) is 21.6. The van der Waals surface area contributed by atoms with Gasteiger partial charge in [0.25, 0.3) is 0 Å². The number of aromatic hydroxyl groups is 1. The molecule has 1 heterocycles. The van der Waals surface area contributed by atoms with E-state index in [2.05, 4.69) is 0 Å². The van der Waals surface area contributed by atoms with Gasteiger partial charge in [0.05, 0.1) is 23.4 Å². The minimum Gasteiger partial charge on any atom is -0.508 e. The number of aliphatic hydroxyl groups is 1. The quantitative estimate of drug-likeness (QED) is 0.178. The van der Waals surface area contributed by atoms with Gasteiger partial charge in [-0.25, -0.2) is 4.39 Å². The van der Waals surface area contributed by atoms with E-state index in [1.165, 1.54) is 36.4 Å². The minimum atomic E-state index is -4.36. The number of amides is 1. The van der Waals surface area contributed by atoms with Crippen LogP contribution in [0.25, 0.3) is 11.1 Å². The van der Waals surface area contributed by atoms with E-state index >= 15 is 0 Å². The maximum Gasteiger partial charge on any atom is 0.356 e. The van der Waals surface area contributed by atoms with E-state index in [9.17, 15) is 33.7 Å². The van der Waals surface area contributed by atoms with Crippen molar-refractivity contribution in [3.8, 4) is 16.9 Å². The first-order valence-corrected chi connectivity index (χ1v) is 14.1. The Kier molecular flexibility index (Phi) is 7.38. The van der Waals surface area contributed by atoms with Gasteiger partial charge in [-0.15, -0.1) is 0 Å². The monoisotopic (exact) mass is 547 g/mol. The second kappa shape index (κ2) is 10.8. The van der Waals surface area contributed by atoms with E-state index < -0.39 is 31.5 Å². The van der Waals surface area contributed by atoms with Gasteiger partial charge in [-0.2, -0.15) is 0 Å². The molecule has 0 saturated carbocycles. The smallest absolute Gasteiger partial charge is 0.356 e. The molecule has 3 atom stereocenters. The van der Waals surface area contributed by atoms with Crippen LogP contribution in [0.2, 0.25) is 0 Å². The maximum absolute atomic E-state index is 13.3. The number of β-lactam (4-membered cyclic amide) rings is 1. The molecule has 1 amide bonds. The predicted molar refractivity (Wildman–Crippen MR) is 146 cm³/mol. The zero-order chi connectivity index (χ0) is 27.7. The summed E-state index contributed by atoms with van der Waals surface area (Å²) in [6.45, 7) is 0. The molecule has 0 radical (unpaired) electrons. The summed E-state index contributed by atoms with van der Waals surface area (Å²) in [5.74, 6) is -1.02. The summed E-state index contributed by atoms with van der Waals surface area (Å²) >= 11 is 0. The number of phenolic OH excluding ortho intramolecular Hbond substituents is 1. The van der Waals surface area contributed by atoms with Crippen LogP contribution in [0.4, 0.5) is 10.1 Å². The van der Waals surface area contributed by atoms with E-state index in [1.54, 1.807) is 35.2 Å². The SMILES string of the molecule is O=C1C(CCC(O)c2ccc(F)cc2)C(c2ccc(-c3ccc(P(=O)(O)O)cc3)cc2O)N1c1ccccc1. The first kappa shape index (κ1) is 26.8. The molecule has 1 fully saturated rings.